The number of nitrogens with two attached hydrogens (primary N) is 1. The lowest BCUT2D eigenvalue weighted by Gasteiger charge is -2.30. The van der Waals surface area contributed by atoms with Crippen molar-refractivity contribution in [1.82, 2.24) is 4.90 Å². The molecule has 0 saturated carbocycles. The number of rotatable bonds is 1. The predicted molar refractivity (Wildman–Crippen MR) is 57.3 cm³/mol. The van der Waals surface area contributed by atoms with E-state index in [9.17, 15) is 4.79 Å². The Morgan fingerprint density at radius 1 is 1.53 bits per heavy atom. The van der Waals surface area contributed by atoms with Crippen LogP contribution < -0.4 is 5.73 Å². The summed E-state index contributed by atoms with van der Waals surface area (Å²) < 4.78 is 5.31. The van der Waals surface area contributed by atoms with Crippen LogP contribution in [0.1, 0.15) is 25.7 Å². The van der Waals surface area contributed by atoms with Crippen molar-refractivity contribution in [3.8, 4) is 0 Å². The van der Waals surface area contributed by atoms with Crippen LogP contribution in [0.3, 0.4) is 0 Å². The van der Waals surface area contributed by atoms with Crippen LogP contribution in [0, 0.1) is 5.41 Å². The lowest BCUT2D eigenvalue weighted by atomic mass is 9.74. The Morgan fingerprint density at radius 3 is 3.07 bits per heavy atom. The molecule has 0 amide bonds. The molecule has 2 aliphatic rings. The van der Waals surface area contributed by atoms with Crippen LogP contribution in [0.5, 0.6) is 0 Å². The zero-order valence-electron chi connectivity index (χ0n) is 9.37. The molecule has 0 aliphatic carbocycles. The average Bonchev–Trinajstić information content (AvgIpc) is 2.40. The minimum absolute atomic E-state index is 0.0383. The topological polar surface area (TPSA) is 55.6 Å². The fourth-order valence-corrected chi connectivity index (χ4v) is 2.87. The van der Waals surface area contributed by atoms with Gasteiger partial charge in [-0.05, 0) is 39.4 Å². The first-order valence-electron chi connectivity index (χ1n) is 5.74. The summed E-state index contributed by atoms with van der Waals surface area (Å²) in [5.41, 5.74) is 5.73. The fourth-order valence-electron chi connectivity index (χ4n) is 2.87. The number of hydrogen-bond donors (Lipinski definition) is 1. The van der Waals surface area contributed by atoms with E-state index in [2.05, 4.69) is 11.9 Å². The van der Waals surface area contributed by atoms with Gasteiger partial charge in [0.25, 0.3) is 0 Å². The molecule has 2 N–H and O–H groups in total. The molecular formula is C11H20N2O2. The van der Waals surface area contributed by atoms with Gasteiger partial charge in [0.15, 0.2) is 0 Å². The molecule has 4 heteroatoms. The fraction of sp³-hybridized carbons (Fsp3) is 0.909. The summed E-state index contributed by atoms with van der Waals surface area (Å²) in [7, 11) is 2.13. The van der Waals surface area contributed by atoms with Crippen molar-refractivity contribution in [3.63, 3.8) is 0 Å². The Balaban J connectivity index is 2.13. The molecule has 0 radical (unpaired) electrons. The van der Waals surface area contributed by atoms with E-state index >= 15 is 0 Å². The normalized spacial score (nSPS) is 38.0. The lowest BCUT2D eigenvalue weighted by molar-refractivity contribution is -0.141. The molecule has 2 fully saturated rings. The average molecular weight is 212 g/mol. The van der Waals surface area contributed by atoms with Gasteiger partial charge in [-0.1, -0.05) is 0 Å². The molecule has 2 rings (SSSR count). The predicted octanol–water partition coefficient (Wildman–Crippen LogP) is 0.363. The molecule has 0 aromatic carbocycles. The quantitative estimate of drug-likeness (QED) is 0.638. The summed E-state index contributed by atoms with van der Waals surface area (Å²) in [6, 6.07) is 0. The molecule has 0 bridgehead atoms. The summed E-state index contributed by atoms with van der Waals surface area (Å²) in [5.74, 6) is -0.0602. The zero-order chi connectivity index (χ0) is 10.9. The highest BCUT2D eigenvalue weighted by atomic mass is 16.6. The minimum Gasteiger partial charge on any atom is -0.460 e. The van der Waals surface area contributed by atoms with Crippen molar-refractivity contribution in [2.45, 2.75) is 31.8 Å². The summed E-state index contributed by atoms with van der Waals surface area (Å²) in [4.78, 5) is 13.7. The highest BCUT2D eigenvalue weighted by molar-refractivity contribution is 5.73. The van der Waals surface area contributed by atoms with Crippen LogP contribution in [0.4, 0.5) is 0 Å². The van der Waals surface area contributed by atoms with E-state index in [1.54, 1.807) is 0 Å². The lowest BCUT2D eigenvalue weighted by Crippen LogP contribution is -2.37. The summed E-state index contributed by atoms with van der Waals surface area (Å²) in [6.07, 6.45) is 3.78. The smallest absolute Gasteiger partial charge is 0.306 e. The molecule has 2 aliphatic heterocycles. The van der Waals surface area contributed by atoms with E-state index in [1.165, 1.54) is 0 Å². The largest absolute Gasteiger partial charge is 0.460 e. The molecule has 2 atom stereocenters. The molecule has 86 valence electrons. The second-order valence-corrected chi connectivity index (χ2v) is 4.91. The van der Waals surface area contributed by atoms with Gasteiger partial charge in [-0.3, -0.25) is 4.79 Å². The highest BCUT2D eigenvalue weighted by Crippen LogP contribution is 2.44. The van der Waals surface area contributed by atoms with Crippen molar-refractivity contribution >= 4 is 5.97 Å². The Labute approximate surface area is 90.8 Å². The van der Waals surface area contributed by atoms with Crippen LogP contribution in [-0.2, 0) is 9.53 Å². The van der Waals surface area contributed by atoms with Gasteiger partial charge in [0, 0.05) is 12.0 Å². The maximum absolute atomic E-state index is 11.4. The number of carbonyl (C=O) groups excluding carboxylic acids is 1. The van der Waals surface area contributed by atoms with E-state index in [4.69, 9.17) is 10.5 Å². The van der Waals surface area contributed by atoms with E-state index in [0.29, 0.717) is 13.0 Å². The second-order valence-electron chi connectivity index (χ2n) is 4.91. The molecule has 2 saturated heterocycles. The van der Waals surface area contributed by atoms with Gasteiger partial charge < -0.3 is 15.4 Å². The molecule has 1 spiro atoms. The maximum Gasteiger partial charge on any atom is 0.306 e. The van der Waals surface area contributed by atoms with Crippen LogP contribution in [0.15, 0.2) is 0 Å². The van der Waals surface area contributed by atoms with Gasteiger partial charge >= 0.3 is 5.97 Å². The highest BCUT2D eigenvalue weighted by Gasteiger charge is 2.48. The van der Waals surface area contributed by atoms with Crippen molar-refractivity contribution in [2.75, 3.05) is 26.7 Å². The van der Waals surface area contributed by atoms with Crippen molar-refractivity contribution in [2.24, 2.45) is 11.1 Å². The number of cyclic esters (lactones) is 1. The Morgan fingerprint density at radius 2 is 2.33 bits per heavy atom. The second kappa shape index (κ2) is 4.10. The van der Waals surface area contributed by atoms with Crippen LogP contribution in [0.2, 0.25) is 0 Å². The van der Waals surface area contributed by atoms with E-state index in [1.807, 2.05) is 0 Å². The number of esters is 1. The molecule has 2 unspecified atom stereocenters. The Bertz CT molecular complexity index is 257. The third kappa shape index (κ3) is 2.01. The van der Waals surface area contributed by atoms with Crippen molar-refractivity contribution in [1.29, 1.82) is 0 Å². The van der Waals surface area contributed by atoms with Crippen LogP contribution >= 0.6 is 0 Å². The summed E-state index contributed by atoms with van der Waals surface area (Å²) in [6.45, 7) is 2.63. The van der Waals surface area contributed by atoms with E-state index < -0.39 is 0 Å². The first-order chi connectivity index (χ1) is 7.16. The molecule has 2 heterocycles. The first-order valence-corrected chi connectivity index (χ1v) is 5.74. The van der Waals surface area contributed by atoms with E-state index in [0.717, 1.165) is 32.4 Å². The molecule has 0 aromatic rings. The number of hydrogen-bond acceptors (Lipinski definition) is 4. The summed E-state index contributed by atoms with van der Waals surface area (Å²) >= 11 is 0. The van der Waals surface area contributed by atoms with Gasteiger partial charge in [0.1, 0.15) is 6.10 Å². The zero-order valence-corrected chi connectivity index (χ0v) is 9.37. The molecule has 15 heavy (non-hydrogen) atoms. The van der Waals surface area contributed by atoms with Crippen molar-refractivity contribution < 1.29 is 9.53 Å². The third-order valence-corrected chi connectivity index (χ3v) is 3.87. The summed E-state index contributed by atoms with van der Waals surface area (Å²) in [5, 5.41) is 0. The van der Waals surface area contributed by atoms with Gasteiger partial charge in [-0.15, -0.1) is 0 Å². The number of ether oxygens (including phenoxy) is 1. The monoisotopic (exact) mass is 212 g/mol. The molecule has 0 aromatic heterocycles. The number of carbonyl (C=O) groups is 1. The SMILES string of the molecule is CN1CCCC2(CC1)CC(=O)OC2CN. The van der Waals surface area contributed by atoms with Gasteiger partial charge in [0.05, 0.1) is 6.42 Å². The van der Waals surface area contributed by atoms with Gasteiger partial charge in [-0.25, -0.2) is 0 Å². The Hall–Kier alpha value is -0.610. The maximum atomic E-state index is 11.4. The number of nitrogens with zero attached hydrogens (tertiary/aromatic N) is 1. The van der Waals surface area contributed by atoms with Gasteiger partial charge in [-0.2, -0.15) is 0 Å². The van der Waals surface area contributed by atoms with Crippen molar-refractivity contribution in [3.05, 3.63) is 0 Å². The molecular weight excluding hydrogens is 192 g/mol. The Kier molecular flexibility index (Phi) is 2.98. The molecule has 4 nitrogen and oxygen atoms in total. The first kappa shape index (κ1) is 10.9. The van der Waals surface area contributed by atoms with Crippen LogP contribution in [0.25, 0.3) is 0 Å². The minimum atomic E-state index is -0.0602. The standard InChI is InChI=1S/C11H20N2O2/c1-13-5-2-3-11(4-6-13)7-10(14)15-9(11)8-12/h9H,2-8,12H2,1H3. The van der Waals surface area contributed by atoms with Gasteiger partial charge in [0.2, 0.25) is 0 Å². The van der Waals surface area contributed by atoms with Crippen LogP contribution in [-0.4, -0.2) is 43.7 Å². The number of likely N-dealkylation sites (tertiary alicyclic amines) is 1. The van der Waals surface area contributed by atoms with E-state index in [-0.39, 0.29) is 17.5 Å². The third-order valence-electron chi connectivity index (χ3n) is 3.87.